The number of rotatable bonds is 4. The fraction of sp³-hybridized carbons (Fsp3) is 0.562. The Hall–Kier alpha value is -1.71. The van der Waals surface area contributed by atoms with Crippen LogP contribution >= 0.6 is 0 Å². The number of nitrogen functional groups attached to an aromatic ring is 1. The topological polar surface area (TPSA) is 62.3 Å². The van der Waals surface area contributed by atoms with Crippen molar-refractivity contribution in [2.24, 2.45) is 17.6 Å². The molecule has 3 N–H and O–H groups in total. The van der Waals surface area contributed by atoms with E-state index in [1.54, 1.807) is 7.11 Å². The van der Waals surface area contributed by atoms with E-state index in [9.17, 15) is 0 Å². The van der Waals surface area contributed by atoms with Gasteiger partial charge in [-0.3, -0.25) is 5.41 Å². The summed E-state index contributed by atoms with van der Waals surface area (Å²) in [7, 11) is 1.66. The van der Waals surface area contributed by atoms with Gasteiger partial charge in [-0.05, 0) is 36.8 Å². The summed E-state index contributed by atoms with van der Waals surface area (Å²) < 4.78 is 5.30. The van der Waals surface area contributed by atoms with Crippen molar-refractivity contribution in [3.63, 3.8) is 0 Å². The molecule has 1 aliphatic rings. The first-order valence-electron chi connectivity index (χ1n) is 7.30. The Morgan fingerprint density at radius 1 is 1.35 bits per heavy atom. The van der Waals surface area contributed by atoms with E-state index in [4.69, 9.17) is 15.9 Å². The molecule has 1 aliphatic heterocycles. The zero-order valence-corrected chi connectivity index (χ0v) is 12.6. The molecule has 0 aromatic heterocycles. The zero-order valence-electron chi connectivity index (χ0n) is 12.6. The van der Waals surface area contributed by atoms with Crippen LogP contribution in [-0.2, 0) is 0 Å². The molecule has 0 spiro atoms. The molecule has 1 heterocycles. The molecule has 0 unspecified atom stereocenters. The van der Waals surface area contributed by atoms with Gasteiger partial charge in [0.25, 0.3) is 0 Å². The zero-order chi connectivity index (χ0) is 14.7. The fourth-order valence-corrected chi connectivity index (χ4v) is 2.93. The Morgan fingerprint density at radius 2 is 2.00 bits per heavy atom. The third-order valence-electron chi connectivity index (χ3n) is 4.32. The van der Waals surface area contributed by atoms with Crippen LogP contribution in [0.15, 0.2) is 18.2 Å². The van der Waals surface area contributed by atoms with Gasteiger partial charge in [-0.15, -0.1) is 0 Å². The summed E-state index contributed by atoms with van der Waals surface area (Å²) in [6, 6.07) is 5.73. The third-order valence-corrected chi connectivity index (χ3v) is 4.32. The van der Waals surface area contributed by atoms with Crippen LogP contribution in [-0.4, -0.2) is 26.0 Å². The van der Waals surface area contributed by atoms with Crippen LogP contribution in [0.4, 0.5) is 5.69 Å². The number of amidine groups is 1. The predicted molar refractivity (Wildman–Crippen MR) is 83.8 cm³/mol. The molecule has 1 aromatic rings. The fourth-order valence-electron chi connectivity index (χ4n) is 2.93. The molecule has 20 heavy (non-hydrogen) atoms. The molecule has 0 atom stereocenters. The van der Waals surface area contributed by atoms with Gasteiger partial charge in [0.05, 0.1) is 12.8 Å². The Bertz CT molecular complexity index is 477. The highest BCUT2D eigenvalue weighted by molar-refractivity contribution is 6.00. The van der Waals surface area contributed by atoms with Crippen LogP contribution in [0.2, 0.25) is 0 Å². The summed E-state index contributed by atoms with van der Waals surface area (Å²) in [6.45, 7) is 6.65. The first-order valence-corrected chi connectivity index (χ1v) is 7.30. The lowest BCUT2D eigenvalue weighted by Gasteiger charge is -2.36. The van der Waals surface area contributed by atoms with Gasteiger partial charge >= 0.3 is 0 Å². The maximum absolute atomic E-state index is 7.74. The van der Waals surface area contributed by atoms with Crippen molar-refractivity contribution in [3.05, 3.63) is 23.8 Å². The smallest absolute Gasteiger partial charge is 0.124 e. The van der Waals surface area contributed by atoms with Crippen LogP contribution in [0.5, 0.6) is 5.75 Å². The lowest BCUT2D eigenvalue weighted by molar-refractivity contribution is 0.311. The van der Waals surface area contributed by atoms with Gasteiger partial charge in [0.2, 0.25) is 0 Å². The summed E-state index contributed by atoms with van der Waals surface area (Å²) in [5.74, 6) is 2.48. The summed E-state index contributed by atoms with van der Waals surface area (Å²) in [6.07, 6.45) is 2.40. The largest absolute Gasteiger partial charge is 0.497 e. The van der Waals surface area contributed by atoms with E-state index in [2.05, 4.69) is 18.7 Å². The second kappa shape index (κ2) is 6.16. The number of nitrogens with zero attached hydrogens (tertiary/aromatic N) is 1. The SMILES string of the molecule is COc1ccc(C(=N)N)c(N2CCC(C(C)C)CC2)c1. The van der Waals surface area contributed by atoms with Crippen molar-refractivity contribution < 1.29 is 4.74 Å². The third kappa shape index (κ3) is 3.06. The van der Waals surface area contributed by atoms with Crippen LogP contribution < -0.4 is 15.4 Å². The molecule has 0 bridgehead atoms. The highest BCUT2D eigenvalue weighted by Gasteiger charge is 2.23. The Kier molecular flexibility index (Phi) is 4.53. The molecular formula is C16H25N3O. The lowest BCUT2D eigenvalue weighted by Crippen LogP contribution is -2.36. The summed E-state index contributed by atoms with van der Waals surface area (Å²) in [5, 5.41) is 7.74. The Balaban J connectivity index is 2.21. The predicted octanol–water partition coefficient (Wildman–Crippen LogP) is 2.85. The average molecular weight is 275 g/mol. The van der Waals surface area contributed by atoms with Gasteiger partial charge in [-0.1, -0.05) is 13.8 Å². The number of hydrogen-bond acceptors (Lipinski definition) is 3. The number of anilines is 1. The van der Waals surface area contributed by atoms with Crippen molar-refractivity contribution in [1.29, 1.82) is 5.41 Å². The second-order valence-electron chi connectivity index (χ2n) is 5.87. The first kappa shape index (κ1) is 14.7. The Labute approximate surface area is 121 Å². The van der Waals surface area contributed by atoms with Crippen molar-refractivity contribution in [2.45, 2.75) is 26.7 Å². The van der Waals surface area contributed by atoms with E-state index < -0.39 is 0 Å². The molecule has 0 amide bonds. The van der Waals surface area contributed by atoms with Crippen LogP contribution in [0.1, 0.15) is 32.3 Å². The molecule has 1 saturated heterocycles. The first-order chi connectivity index (χ1) is 9.52. The van der Waals surface area contributed by atoms with Crippen LogP contribution in [0.3, 0.4) is 0 Å². The van der Waals surface area contributed by atoms with Crippen LogP contribution in [0, 0.1) is 17.2 Å². The molecule has 0 saturated carbocycles. The quantitative estimate of drug-likeness (QED) is 0.656. The summed E-state index contributed by atoms with van der Waals surface area (Å²) >= 11 is 0. The van der Waals surface area contributed by atoms with Crippen molar-refractivity contribution >= 4 is 11.5 Å². The minimum Gasteiger partial charge on any atom is -0.497 e. The number of ether oxygens (including phenoxy) is 1. The lowest BCUT2D eigenvalue weighted by atomic mass is 9.86. The van der Waals surface area contributed by atoms with E-state index in [1.807, 2.05) is 18.2 Å². The highest BCUT2D eigenvalue weighted by atomic mass is 16.5. The van der Waals surface area contributed by atoms with E-state index in [0.29, 0.717) is 0 Å². The van der Waals surface area contributed by atoms with E-state index in [0.717, 1.165) is 41.9 Å². The second-order valence-corrected chi connectivity index (χ2v) is 5.87. The molecule has 2 rings (SSSR count). The standard InChI is InChI=1S/C16H25N3O/c1-11(2)12-6-8-19(9-7-12)15-10-13(20-3)4-5-14(15)16(17)18/h4-5,10-12H,6-9H2,1-3H3,(H3,17,18). The van der Waals surface area contributed by atoms with Crippen molar-refractivity contribution in [1.82, 2.24) is 0 Å². The molecule has 4 nitrogen and oxygen atoms in total. The average Bonchev–Trinajstić information content (AvgIpc) is 2.46. The molecule has 0 radical (unpaired) electrons. The number of benzene rings is 1. The monoisotopic (exact) mass is 275 g/mol. The van der Waals surface area contributed by atoms with Gasteiger partial charge in [0.15, 0.2) is 0 Å². The van der Waals surface area contributed by atoms with Crippen LogP contribution in [0.25, 0.3) is 0 Å². The van der Waals surface area contributed by atoms with Crippen molar-refractivity contribution in [2.75, 3.05) is 25.1 Å². The number of nitrogens with one attached hydrogen (secondary N) is 1. The molecule has 4 heteroatoms. The number of hydrogen-bond donors (Lipinski definition) is 2. The molecule has 110 valence electrons. The number of methoxy groups -OCH3 is 1. The van der Waals surface area contributed by atoms with Gasteiger partial charge in [0.1, 0.15) is 11.6 Å². The minimum absolute atomic E-state index is 0.119. The molecular weight excluding hydrogens is 250 g/mol. The summed E-state index contributed by atoms with van der Waals surface area (Å²) in [4.78, 5) is 2.33. The van der Waals surface area contributed by atoms with Gasteiger partial charge in [0, 0.05) is 24.7 Å². The highest BCUT2D eigenvalue weighted by Crippen LogP contribution is 2.31. The van der Waals surface area contributed by atoms with Gasteiger partial charge in [-0.2, -0.15) is 0 Å². The number of nitrogens with two attached hydrogens (primary N) is 1. The Morgan fingerprint density at radius 3 is 2.50 bits per heavy atom. The normalized spacial score (nSPS) is 16.5. The maximum atomic E-state index is 7.74. The van der Waals surface area contributed by atoms with Crippen molar-refractivity contribution in [3.8, 4) is 5.75 Å². The van der Waals surface area contributed by atoms with E-state index in [-0.39, 0.29) is 5.84 Å². The van der Waals surface area contributed by atoms with E-state index >= 15 is 0 Å². The molecule has 0 aliphatic carbocycles. The summed E-state index contributed by atoms with van der Waals surface area (Å²) in [5.41, 5.74) is 7.53. The molecule has 1 fully saturated rings. The minimum atomic E-state index is 0.119. The van der Waals surface area contributed by atoms with E-state index in [1.165, 1.54) is 12.8 Å². The van der Waals surface area contributed by atoms with Gasteiger partial charge < -0.3 is 15.4 Å². The maximum Gasteiger partial charge on any atom is 0.124 e. The van der Waals surface area contributed by atoms with Gasteiger partial charge in [-0.25, -0.2) is 0 Å². The molecule has 1 aromatic carbocycles. The number of piperidine rings is 1.